The van der Waals surface area contributed by atoms with Crippen molar-refractivity contribution in [3.63, 3.8) is 0 Å². The molecule has 4 rings (SSSR count). The highest BCUT2D eigenvalue weighted by Crippen LogP contribution is 2.22. The SMILES string of the molecule is O=C(CCCc1ccccc1)N1CC(Cc2nc(-c3cccnc3)no2)C1. The number of hydrogen-bond acceptors (Lipinski definition) is 5. The Morgan fingerprint density at radius 2 is 2.00 bits per heavy atom. The minimum absolute atomic E-state index is 0.240. The maximum atomic E-state index is 12.3. The van der Waals surface area contributed by atoms with Gasteiger partial charge in [0.15, 0.2) is 0 Å². The van der Waals surface area contributed by atoms with Gasteiger partial charge in [-0.2, -0.15) is 4.98 Å². The molecule has 3 aromatic rings. The minimum Gasteiger partial charge on any atom is -0.342 e. The summed E-state index contributed by atoms with van der Waals surface area (Å²) in [4.78, 5) is 22.7. The summed E-state index contributed by atoms with van der Waals surface area (Å²) >= 11 is 0. The van der Waals surface area contributed by atoms with Crippen molar-refractivity contribution in [3.8, 4) is 11.4 Å². The maximum absolute atomic E-state index is 12.3. The normalized spacial score (nSPS) is 14.1. The summed E-state index contributed by atoms with van der Waals surface area (Å²) in [5.41, 5.74) is 2.13. The lowest BCUT2D eigenvalue weighted by molar-refractivity contribution is -0.137. The fourth-order valence-electron chi connectivity index (χ4n) is 3.35. The predicted octanol–water partition coefficient (Wildman–Crippen LogP) is 3.16. The summed E-state index contributed by atoms with van der Waals surface area (Å²) < 4.78 is 5.34. The number of carbonyl (C=O) groups excluding carboxylic acids is 1. The number of nitrogens with zero attached hydrogens (tertiary/aromatic N) is 4. The number of pyridine rings is 1. The number of hydrogen-bond donors (Lipinski definition) is 0. The molecule has 0 aliphatic carbocycles. The van der Waals surface area contributed by atoms with E-state index in [2.05, 4.69) is 27.3 Å². The van der Waals surface area contributed by atoms with Crippen molar-refractivity contribution in [1.29, 1.82) is 0 Å². The number of rotatable bonds is 7. The second-order valence-electron chi connectivity index (χ2n) is 6.96. The van der Waals surface area contributed by atoms with Crippen LogP contribution in [0.3, 0.4) is 0 Å². The Balaban J connectivity index is 1.19. The van der Waals surface area contributed by atoms with Crippen LogP contribution < -0.4 is 0 Å². The Hall–Kier alpha value is -3.02. The predicted molar refractivity (Wildman–Crippen MR) is 101 cm³/mol. The largest absolute Gasteiger partial charge is 0.342 e. The van der Waals surface area contributed by atoms with Gasteiger partial charge in [-0.1, -0.05) is 35.5 Å². The summed E-state index contributed by atoms with van der Waals surface area (Å²) in [7, 11) is 0. The van der Waals surface area contributed by atoms with Gasteiger partial charge in [-0.05, 0) is 30.5 Å². The lowest BCUT2D eigenvalue weighted by Crippen LogP contribution is -2.50. The van der Waals surface area contributed by atoms with E-state index in [9.17, 15) is 4.79 Å². The van der Waals surface area contributed by atoms with Crippen LogP contribution in [0.5, 0.6) is 0 Å². The summed E-state index contributed by atoms with van der Waals surface area (Å²) in [6.07, 6.45) is 6.58. The molecule has 6 nitrogen and oxygen atoms in total. The first-order valence-electron chi connectivity index (χ1n) is 9.32. The molecule has 0 N–H and O–H groups in total. The third-order valence-corrected chi connectivity index (χ3v) is 4.86. The van der Waals surface area contributed by atoms with Crippen LogP contribution in [0.15, 0.2) is 59.4 Å². The number of aromatic nitrogens is 3. The average molecular weight is 362 g/mol. The highest BCUT2D eigenvalue weighted by atomic mass is 16.5. The molecule has 0 saturated carbocycles. The van der Waals surface area contributed by atoms with Crippen LogP contribution in [0.4, 0.5) is 0 Å². The standard InChI is InChI=1S/C21H22N4O2/c26-20(10-4-8-16-6-2-1-3-7-16)25-14-17(15-25)12-19-23-21(24-27-19)18-9-5-11-22-13-18/h1-3,5-7,9,11,13,17H,4,8,10,12,14-15H2. The van der Waals surface area contributed by atoms with Gasteiger partial charge in [0.2, 0.25) is 17.6 Å². The van der Waals surface area contributed by atoms with Crippen molar-refractivity contribution in [3.05, 3.63) is 66.3 Å². The van der Waals surface area contributed by atoms with Gasteiger partial charge in [-0.3, -0.25) is 9.78 Å². The number of aryl methyl sites for hydroxylation is 1. The summed E-state index contributed by atoms with van der Waals surface area (Å²) in [5, 5.41) is 4.01. The van der Waals surface area contributed by atoms with Gasteiger partial charge in [-0.25, -0.2) is 0 Å². The fourth-order valence-corrected chi connectivity index (χ4v) is 3.35. The highest BCUT2D eigenvalue weighted by molar-refractivity contribution is 5.77. The summed E-state index contributed by atoms with van der Waals surface area (Å²) in [5.74, 6) is 1.82. The lowest BCUT2D eigenvalue weighted by Gasteiger charge is -2.38. The fraction of sp³-hybridized carbons (Fsp3) is 0.333. The molecule has 0 unspecified atom stereocenters. The number of likely N-dealkylation sites (tertiary alicyclic amines) is 1. The van der Waals surface area contributed by atoms with E-state index in [1.165, 1.54) is 5.56 Å². The second kappa shape index (κ2) is 8.12. The first-order chi connectivity index (χ1) is 13.3. The third kappa shape index (κ3) is 4.39. The topological polar surface area (TPSA) is 72.1 Å². The van der Waals surface area contributed by atoms with E-state index in [1.54, 1.807) is 12.4 Å². The molecule has 2 aromatic heterocycles. The number of carbonyl (C=O) groups is 1. The van der Waals surface area contributed by atoms with Crippen LogP contribution in [-0.2, 0) is 17.6 Å². The Bertz CT molecular complexity index is 873. The molecule has 3 heterocycles. The van der Waals surface area contributed by atoms with Crippen LogP contribution in [0, 0.1) is 5.92 Å². The molecule has 1 aliphatic heterocycles. The first-order valence-corrected chi connectivity index (χ1v) is 9.32. The molecular formula is C21H22N4O2. The van der Waals surface area contributed by atoms with Crippen LogP contribution in [-0.4, -0.2) is 39.0 Å². The second-order valence-corrected chi connectivity index (χ2v) is 6.96. The van der Waals surface area contributed by atoms with E-state index in [-0.39, 0.29) is 5.91 Å². The molecule has 1 aromatic carbocycles. The Morgan fingerprint density at radius 1 is 1.15 bits per heavy atom. The van der Waals surface area contributed by atoms with Crippen molar-refractivity contribution in [2.75, 3.05) is 13.1 Å². The average Bonchev–Trinajstić information content (AvgIpc) is 3.14. The molecule has 0 radical (unpaired) electrons. The molecule has 6 heteroatoms. The van der Waals surface area contributed by atoms with Crippen molar-refractivity contribution in [2.24, 2.45) is 5.92 Å². The monoisotopic (exact) mass is 362 g/mol. The Kier molecular flexibility index (Phi) is 5.23. The highest BCUT2D eigenvalue weighted by Gasteiger charge is 2.31. The van der Waals surface area contributed by atoms with Crippen molar-refractivity contribution in [1.82, 2.24) is 20.0 Å². The van der Waals surface area contributed by atoms with Gasteiger partial charge >= 0.3 is 0 Å². The van der Waals surface area contributed by atoms with E-state index in [0.717, 1.165) is 31.5 Å². The number of amides is 1. The van der Waals surface area contributed by atoms with Crippen molar-refractivity contribution < 1.29 is 9.32 Å². The molecule has 0 atom stereocenters. The van der Waals surface area contributed by atoms with Crippen LogP contribution in [0.25, 0.3) is 11.4 Å². The van der Waals surface area contributed by atoms with Gasteiger partial charge in [0.25, 0.3) is 0 Å². The third-order valence-electron chi connectivity index (χ3n) is 4.86. The first kappa shape index (κ1) is 17.4. The smallest absolute Gasteiger partial charge is 0.227 e. The van der Waals surface area contributed by atoms with E-state index in [4.69, 9.17) is 4.52 Å². The zero-order chi connectivity index (χ0) is 18.5. The summed E-state index contributed by atoms with van der Waals surface area (Å²) in [6.45, 7) is 1.55. The molecule has 1 aliphatic rings. The molecule has 1 amide bonds. The van der Waals surface area contributed by atoms with Crippen molar-refractivity contribution in [2.45, 2.75) is 25.7 Å². The van der Waals surface area contributed by atoms with Gasteiger partial charge in [0, 0.05) is 49.8 Å². The summed E-state index contributed by atoms with van der Waals surface area (Å²) in [6, 6.07) is 14.0. The van der Waals surface area contributed by atoms with E-state index >= 15 is 0 Å². The Labute approximate surface area is 158 Å². The van der Waals surface area contributed by atoms with E-state index < -0.39 is 0 Å². The van der Waals surface area contributed by atoms with Gasteiger partial charge < -0.3 is 9.42 Å². The molecule has 138 valence electrons. The molecular weight excluding hydrogens is 340 g/mol. The van der Waals surface area contributed by atoms with Crippen molar-refractivity contribution >= 4 is 5.91 Å². The number of benzene rings is 1. The molecule has 1 saturated heterocycles. The molecule has 27 heavy (non-hydrogen) atoms. The minimum atomic E-state index is 0.240. The van der Waals surface area contributed by atoms with E-state index in [0.29, 0.717) is 30.5 Å². The molecule has 0 spiro atoms. The van der Waals surface area contributed by atoms with Gasteiger partial charge in [0.05, 0.1) is 0 Å². The molecule has 1 fully saturated rings. The van der Waals surface area contributed by atoms with Crippen LogP contribution in [0.1, 0.15) is 24.3 Å². The van der Waals surface area contributed by atoms with Gasteiger partial charge in [-0.15, -0.1) is 0 Å². The maximum Gasteiger partial charge on any atom is 0.227 e. The zero-order valence-corrected chi connectivity index (χ0v) is 15.1. The van der Waals surface area contributed by atoms with Gasteiger partial charge in [0.1, 0.15) is 0 Å². The van der Waals surface area contributed by atoms with Crippen LogP contribution >= 0.6 is 0 Å². The van der Waals surface area contributed by atoms with Crippen LogP contribution in [0.2, 0.25) is 0 Å². The molecule has 0 bridgehead atoms. The lowest BCUT2D eigenvalue weighted by atomic mass is 9.95. The van der Waals surface area contributed by atoms with E-state index in [1.807, 2.05) is 35.2 Å². The Morgan fingerprint density at radius 3 is 2.78 bits per heavy atom. The zero-order valence-electron chi connectivity index (χ0n) is 15.1. The quantitative estimate of drug-likeness (QED) is 0.646.